The molecule has 2 aromatic heterocycles. The summed E-state index contributed by atoms with van der Waals surface area (Å²) in [7, 11) is 1.90. The number of anilines is 1. The number of aromatic nitrogens is 3. The van der Waals surface area contributed by atoms with Crippen LogP contribution in [-0.4, -0.2) is 22.0 Å². The fourth-order valence-electron chi connectivity index (χ4n) is 2.00. The molecule has 0 saturated heterocycles. The Hall–Kier alpha value is -1.97. The number of hydrogen-bond acceptors (Lipinski definition) is 4. The molecule has 0 aliphatic heterocycles. The van der Waals surface area contributed by atoms with E-state index < -0.39 is 0 Å². The molecule has 0 unspecified atom stereocenters. The van der Waals surface area contributed by atoms with Crippen LogP contribution >= 0.6 is 0 Å². The van der Waals surface area contributed by atoms with E-state index in [1.807, 2.05) is 19.2 Å². The van der Waals surface area contributed by atoms with Crippen LogP contribution in [-0.2, 0) is 6.42 Å². The molecule has 0 radical (unpaired) electrons. The first-order chi connectivity index (χ1) is 8.85. The van der Waals surface area contributed by atoms with Crippen LogP contribution in [0.4, 0.5) is 5.82 Å². The van der Waals surface area contributed by atoms with Crippen LogP contribution in [0.25, 0.3) is 0 Å². The first kappa shape index (κ1) is 11.1. The Morgan fingerprint density at radius 3 is 2.67 bits per heavy atom. The van der Waals surface area contributed by atoms with E-state index in [1.165, 1.54) is 24.1 Å². The first-order valence-electron chi connectivity index (χ1n) is 6.29. The molecule has 0 spiro atoms. The van der Waals surface area contributed by atoms with Gasteiger partial charge in [-0.15, -0.1) is 0 Å². The summed E-state index contributed by atoms with van der Waals surface area (Å²) in [5.41, 5.74) is 2.37. The van der Waals surface area contributed by atoms with E-state index in [-0.39, 0.29) is 0 Å². The lowest BCUT2D eigenvalue weighted by Gasteiger charge is -2.07. The number of nitrogens with one attached hydrogen (secondary N) is 1. The summed E-state index contributed by atoms with van der Waals surface area (Å²) in [6.45, 7) is 0. The van der Waals surface area contributed by atoms with Crippen molar-refractivity contribution < 1.29 is 0 Å². The fourth-order valence-corrected chi connectivity index (χ4v) is 2.00. The lowest BCUT2D eigenvalue weighted by molar-refractivity contribution is 0.900. The Morgan fingerprint density at radius 1 is 1.22 bits per heavy atom. The Kier molecular flexibility index (Phi) is 2.92. The minimum absolute atomic E-state index is 0.649. The van der Waals surface area contributed by atoms with Crippen LogP contribution < -0.4 is 5.32 Å². The van der Waals surface area contributed by atoms with Crippen LogP contribution in [0, 0.1) is 0 Å². The van der Waals surface area contributed by atoms with Gasteiger partial charge in [-0.1, -0.05) is 0 Å². The smallest absolute Gasteiger partial charge is 0.135 e. The largest absolute Gasteiger partial charge is 0.373 e. The Bertz CT molecular complexity index is 535. The first-order valence-corrected chi connectivity index (χ1v) is 6.29. The van der Waals surface area contributed by atoms with Gasteiger partial charge in [-0.2, -0.15) is 0 Å². The minimum Gasteiger partial charge on any atom is -0.373 e. The Morgan fingerprint density at radius 2 is 2.00 bits per heavy atom. The van der Waals surface area contributed by atoms with Gasteiger partial charge >= 0.3 is 0 Å². The summed E-state index contributed by atoms with van der Waals surface area (Å²) in [6.07, 6.45) is 6.89. The topological polar surface area (TPSA) is 50.7 Å². The van der Waals surface area contributed by atoms with E-state index in [2.05, 4.69) is 26.3 Å². The van der Waals surface area contributed by atoms with E-state index in [9.17, 15) is 0 Å². The second-order valence-corrected chi connectivity index (χ2v) is 4.65. The molecule has 1 aliphatic carbocycles. The van der Waals surface area contributed by atoms with E-state index in [4.69, 9.17) is 0 Å². The highest BCUT2D eigenvalue weighted by atomic mass is 15.0. The standard InChI is InChI=1S/C14H16N4/c1-15-13-9-12(11-2-3-11)17-14(18-13)8-10-4-6-16-7-5-10/h4-7,9,11H,2-3,8H2,1H3,(H,15,17,18). The van der Waals surface area contributed by atoms with Gasteiger partial charge in [0.2, 0.25) is 0 Å². The van der Waals surface area contributed by atoms with Gasteiger partial charge in [0.15, 0.2) is 0 Å². The van der Waals surface area contributed by atoms with Crippen molar-refractivity contribution in [2.45, 2.75) is 25.2 Å². The molecule has 0 bridgehead atoms. The van der Waals surface area contributed by atoms with Gasteiger partial charge in [-0.3, -0.25) is 4.98 Å². The van der Waals surface area contributed by atoms with Gasteiger partial charge < -0.3 is 5.32 Å². The Balaban J connectivity index is 1.88. The quantitative estimate of drug-likeness (QED) is 0.891. The van der Waals surface area contributed by atoms with Gasteiger partial charge in [-0.05, 0) is 30.5 Å². The average Bonchev–Trinajstić information content (AvgIpc) is 3.24. The lowest BCUT2D eigenvalue weighted by Crippen LogP contribution is -2.04. The molecule has 1 aliphatic rings. The lowest BCUT2D eigenvalue weighted by atomic mass is 10.2. The summed E-state index contributed by atoms with van der Waals surface area (Å²) in [6, 6.07) is 6.08. The monoisotopic (exact) mass is 240 g/mol. The SMILES string of the molecule is CNc1cc(C2CC2)nc(Cc2ccncc2)n1. The van der Waals surface area contributed by atoms with Crippen LogP contribution in [0.15, 0.2) is 30.6 Å². The maximum atomic E-state index is 4.67. The van der Waals surface area contributed by atoms with Crippen molar-refractivity contribution in [2.75, 3.05) is 12.4 Å². The highest BCUT2D eigenvalue weighted by molar-refractivity contribution is 5.38. The second kappa shape index (κ2) is 4.72. The third-order valence-corrected chi connectivity index (χ3v) is 3.16. The molecule has 4 nitrogen and oxygen atoms in total. The highest BCUT2D eigenvalue weighted by Crippen LogP contribution is 2.39. The molecule has 1 fully saturated rings. The molecule has 2 aromatic rings. The maximum absolute atomic E-state index is 4.67. The predicted molar refractivity (Wildman–Crippen MR) is 70.6 cm³/mol. The van der Waals surface area contributed by atoms with Gasteiger partial charge in [0, 0.05) is 43.5 Å². The highest BCUT2D eigenvalue weighted by Gasteiger charge is 2.26. The van der Waals surface area contributed by atoms with Crippen LogP contribution in [0.1, 0.15) is 35.8 Å². The summed E-state index contributed by atoms with van der Waals surface area (Å²) >= 11 is 0. The molecule has 92 valence electrons. The molecule has 4 heteroatoms. The summed E-state index contributed by atoms with van der Waals surface area (Å²) in [5.74, 6) is 2.45. The predicted octanol–water partition coefficient (Wildman–Crippen LogP) is 2.38. The zero-order chi connectivity index (χ0) is 12.4. The fraction of sp³-hybridized carbons (Fsp3) is 0.357. The second-order valence-electron chi connectivity index (χ2n) is 4.65. The van der Waals surface area contributed by atoms with E-state index >= 15 is 0 Å². The molecular formula is C14H16N4. The van der Waals surface area contributed by atoms with Crippen molar-refractivity contribution in [2.24, 2.45) is 0 Å². The molecule has 3 rings (SSSR count). The van der Waals surface area contributed by atoms with E-state index in [1.54, 1.807) is 12.4 Å². The molecule has 18 heavy (non-hydrogen) atoms. The summed E-state index contributed by atoms with van der Waals surface area (Å²) in [4.78, 5) is 13.2. The van der Waals surface area contributed by atoms with Crippen molar-refractivity contribution in [3.8, 4) is 0 Å². The average molecular weight is 240 g/mol. The molecule has 1 N–H and O–H groups in total. The van der Waals surface area contributed by atoms with Crippen LogP contribution in [0.5, 0.6) is 0 Å². The minimum atomic E-state index is 0.649. The van der Waals surface area contributed by atoms with Gasteiger partial charge in [0.1, 0.15) is 11.6 Å². The van der Waals surface area contributed by atoms with E-state index in [0.717, 1.165) is 18.1 Å². The molecule has 2 heterocycles. The van der Waals surface area contributed by atoms with Gasteiger partial charge in [0.05, 0.1) is 0 Å². The Labute approximate surface area is 107 Å². The molecule has 1 saturated carbocycles. The van der Waals surface area contributed by atoms with Crippen LogP contribution in [0.2, 0.25) is 0 Å². The van der Waals surface area contributed by atoms with Gasteiger partial charge in [0.25, 0.3) is 0 Å². The van der Waals surface area contributed by atoms with Crippen molar-refractivity contribution in [3.63, 3.8) is 0 Å². The number of rotatable bonds is 4. The van der Waals surface area contributed by atoms with Crippen molar-refractivity contribution >= 4 is 5.82 Å². The molecular weight excluding hydrogens is 224 g/mol. The number of nitrogens with zero attached hydrogens (tertiary/aromatic N) is 3. The maximum Gasteiger partial charge on any atom is 0.135 e. The summed E-state index contributed by atoms with van der Waals surface area (Å²) in [5, 5.41) is 3.11. The van der Waals surface area contributed by atoms with Crippen molar-refractivity contribution in [3.05, 3.63) is 47.7 Å². The van der Waals surface area contributed by atoms with Crippen LogP contribution in [0.3, 0.4) is 0 Å². The third kappa shape index (κ3) is 2.47. The third-order valence-electron chi connectivity index (χ3n) is 3.16. The normalized spacial score (nSPS) is 14.5. The molecule has 0 amide bonds. The van der Waals surface area contributed by atoms with Crippen molar-refractivity contribution in [1.82, 2.24) is 15.0 Å². The number of pyridine rings is 1. The molecule has 0 aromatic carbocycles. The number of hydrogen-bond donors (Lipinski definition) is 1. The van der Waals surface area contributed by atoms with Crippen molar-refractivity contribution in [1.29, 1.82) is 0 Å². The molecule has 0 atom stereocenters. The summed E-state index contributed by atoms with van der Waals surface area (Å²) < 4.78 is 0. The van der Waals surface area contributed by atoms with Gasteiger partial charge in [-0.25, -0.2) is 9.97 Å². The zero-order valence-corrected chi connectivity index (χ0v) is 10.4. The van der Waals surface area contributed by atoms with E-state index in [0.29, 0.717) is 5.92 Å². The zero-order valence-electron chi connectivity index (χ0n) is 10.4.